The summed E-state index contributed by atoms with van der Waals surface area (Å²) < 4.78 is 18.9. The number of hydrogen-bond donors (Lipinski definition) is 2. The van der Waals surface area contributed by atoms with Crippen LogP contribution in [0.1, 0.15) is 13.3 Å². The zero-order chi connectivity index (χ0) is 15.4. The SMILES string of the molecule is CCC(Sc1c(=O)o[nH][n+]1C)C(=O)Nc1ccc(F)cc1. The van der Waals surface area contributed by atoms with E-state index in [1.165, 1.54) is 28.9 Å². The molecule has 0 aliphatic rings. The van der Waals surface area contributed by atoms with Gasteiger partial charge in [-0.2, -0.15) is 0 Å². The quantitative estimate of drug-likeness (QED) is 0.647. The van der Waals surface area contributed by atoms with Gasteiger partial charge in [0.05, 0.1) is 5.25 Å². The number of carbonyl (C=O) groups is 1. The van der Waals surface area contributed by atoms with Gasteiger partial charge in [0.2, 0.25) is 5.91 Å². The number of amides is 1. The Balaban J connectivity index is 2.08. The van der Waals surface area contributed by atoms with Crippen molar-refractivity contribution in [3.63, 3.8) is 0 Å². The zero-order valence-corrected chi connectivity index (χ0v) is 12.4. The zero-order valence-electron chi connectivity index (χ0n) is 11.6. The Morgan fingerprint density at radius 2 is 2.14 bits per heavy atom. The fraction of sp³-hybridized carbons (Fsp3) is 0.308. The number of nitrogens with one attached hydrogen (secondary N) is 2. The third-order valence-corrected chi connectivity index (χ3v) is 4.28. The largest absolute Gasteiger partial charge is 0.441 e. The lowest BCUT2D eigenvalue weighted by Crippen LogP contribution is -2.35. The van der Waals surface area contributed by atoms with Crippen LogP contribution >= 0.6 is 11.8 Å². The number of nitrogens with zero attached hydrogens (tertiary/aromatic N) is 1. The van der Waals surface area contributed by atoms with Gasteiger partial charge in [0.25, 0.3) is 0 Å². The highest BCUT2D eigenvalue weighted by molar-refractivity contribution is 8.00. The summed E-state index contributed by atoms with van der Waals surface area (Å²) in [5.74, 6) is -0.624. The van der Waals surface area contributed by atoms with E-state index in [1.54, 1.807) is 7.05 Å². The molecule has 21 heavy (non-hydrogen) atoms. The molecular weight excluding hydrogens is 297 g/mol. The van der Waals surface area contributed by atoms with Gasteiger partial charge in [0.15, 0.2) is 7.05 Å². The van der Waals surface area contributed by atoms with Crippen LogP contribution in [0.15, 0.2) is 38.6 Å². The lowest BCUT2D eigenvalue weighted by atomic mass is 10.2. The molecule has 2 N–H and O–H groups in total. The summed E-state index contributed by atoms with van der Waals surface area (Å²) in [6.07, 6.45) is 0.530. The van der Waals surface area contributed by atoms with Crippen LogP contribution in [0, 0.1) is 5.82 Å². The molecule has 0 saturated heterocycles. The van der Waals surface area contributed by atoms with Gasteiger partial charge >= 0.3 is 10.7 Å². The number of anilines is 1. The van der Waals surface area contributed by atoms with E-state index in [0.717, 1.165) is 11.8 Å². The Morgan fingerprint density at radius 3 is 2.67 bits per heavy atom. The molecule has 0 bridgehead atoms. The Morgan fingerprint density at radius 1 is 1.48 bits per heavy atom. The van der Waals surface area contributed by atoms with E-state index >= 15 is 0 Å². The second-order valence-electron chi connectivity index (χ2n) is 4.36. The second kappa shape index (κ2) is 6.57. The van der Waals surface area contributed by atoms with Gasteiger partial charge in [0, 0.05) is 5.69 Å². The number of H-pyrrole nitrogens is 1. The van der Waals surface area contributed by atoms with Crippen molar-refractivity contribution >= 4 is 23.4 Å². The van der Waals surface area contributed by atoms with Gasteiger partial charge in [-0.25, -0.2) is 9.18 Å². The number of aromatic nitrogens is 2. The fourth-order valence-corrected chi connectivity index (χ4v) is 2.61. The van der Waals surface area contributed by atoms with E-state index in [-0.39, 0.29) is 11.7 Å². The molecule has 1 aromatic carbocycles. The van der Waals surface area contributed by atoms with Gasteiger partial charge in [0.1, 0.15) is 5.82 Å². The minimum atomic E-state index is -0.518. The number of halogens is 1. The normalized spacial score (nSPS) is 12.1. The predicted molar refractivity (Wildman–Crippen MR) is 75.5 cm³/mol. The third kappa shape index (κ3) is 3.72. The molecule has 0 saturated carbocycles. The second-order valence-corrected chi connectivity index (χ2v) is 5.55. The maximum atomic E-state index is 12.8. The Labute approximate surface area is 124 Å². The van der Waals surface area contributed by atoms with Crippen LogP contribution in [0.3, 0.4) is 0 Å². The first-order chi connectivity index (χ1) is 10.0. The number of aromatic amines is 1. The minimum Gasteiger partial charge on any atom is -0.325 e. The first-order valence-electron chi connectivity index (χ1n) is 6.32. The van der Waals surface area contributed by atoms with Crippen LogP contribution in [0.5, 0.6) is 0 Å². The minimum absolute atomic E-state index is 0.255. The van der Waals surface area contributed by atoms with Crippen molar-refractivity contribution in [2.75, 3.05) is 5.32 Å². The highest BCUT2D eigenvalue weighted by Gasteiger charge is 2.27. The molecule has 1 amide bonds. The van der Waals surface area contributed by atoms with Crippen LogP contribution < -0.4 is 15.6 Å². The Hall–Kier alpha value is -2.09. The highest BCUT2D eigenvalue weighted by Crippen LogP contribution is 2.21. The molecule has 0 fully saturated rings. The predicted octanol–water partition coefficient (Wildman–Crippen LogP) is 1.44. The van der Waals surface area contributed by atoms with Crippen LogP contribution in [-0.4, -0.2) is 16.4 Å². The van der Waals surface area contributed by atoms with Crippen molar-refractivity contribution in [2.24, 2.45) is 7.05 Å². The van der Waals surface area contributed by atoms with E-state index in [2.05, 4.69) is 15.1 Å². The molecule has 0 radical (unpaired) electrons. The Kier molecular flexibility index (Phi) is 4.79. The molecule has 1 unspecified atom stereocenters. The highest BCUT2D eigenvalue weighted by atomic mass is 32.2. The molecule has 0 aliphatic carbocycles. The smallest absolute Gasteiger partial charge is 0.325 e. The lowest BCUT2D eigenvalue weighted by Gasteiger charge is -2.11. The van der Waals surface area contributed by atoms with Crippen LogP contribution in [0.2, 0.25) is 0 Å². The first kappa shape index (κ1) is 15.3. The van der Waals surface area contributed by atoms with Gasteiger partial charge in [-0.05, 0) is 47.7 Å². The number of aryl methyl sites for hydroxylation is 1. The van der Waals surface area contributed by atoms with Crippen molar-refractivity contribution in [3.8, 4) is 0 Å². The summed E-state index contributed by atoms with van der Waals surface area (Å²) in [5.41, 5.74) is -0.0125. The van der Waals surface area contributed by atoms with Crippen LogP contribution in [0.25, 0.3) is 0 Å². The van der Waals surface area contributed by atoms with Gasteiger partial charge in [-0.1, -0.05) is 11.6 Å². The molecule has 1 aromatic heterocycles. The molecule has 2 rings (SSSR count). The molecule has 1 atom stereocenters. The van der Waals surface area contributed by atoms with Gasteiger partial charge < -0.3 is 5.32 Å². The Bertz CT molecular complexity index is 681. The number of benzene rings is 1. The van der Waals surface area contributed by atoms with Crippen LogP contribution in [-0.2, 0) is 11.8 Å². The summed E-state index contributed by atoms with van der Waals surface area (Å²) in [6, 6.07) is 5.50. The lowest BCUT2D eigenvalue weighted by molar-refractivity contribution is -0.772. The number of rotatable bonds is 5. The third-order valence-electron chi connectivity index (χ3n) is 2.78. The molecule has 2 aromatic rings. The standard InChI is InChI=1S/C13H14FN3O3S/c1-3-10(21-12-13(19)20-16-17(12)2)11(18)15-9-6-4-8(14)5-7-9/h4-7,10H,3H2,1-2H3,(H-,15,16,18,19)/p+1. The summed E-state index contributed by atoms with van der Waals surface area (Å²) in [5, 5.41) is 4.95. The molecule has 112 valence electrons. The van der Waals surface area contributed by atoms with E-state index < -0.39 is 10.9 Å². The fourth-order valence-electron chi connectivity index (χ4n) is 1.67. The molecular formula is C13H15FN3O3S+. The van der Waals surface area contributed by atoms with Crippen molar-refractivity contribution in [1.82, 2.24) is 5.27 Å². The summed E-state index contributed by atoms with van der Waals surface area (Å²) in [6.45, 7) is 1.84. The van der Waals surface area contributed by atoms with Crippen molar-refractivity contribution in [1.29, 1.82) is 0 Å². The van der Waals surface area contributed by atoms with Gasteiger partial charge in [-0.15, -0.1) is 0 Å². The van der Waals surface area contributed by atoms with Gasteiger partial charge in [-0.3, -0.25) is 9.32 Å². The molecule has 8 heteroatoms. The van der Waals surface area contributed by atoms with E-state index in [0.29, 0.717) is 17.1 Å². The van der Waals surface area contributed by atoms with Crippen molar-refractivity contribution < 1.29 is 18.4 Å². The van der Waals surface area contributed by atoms with E-state index in [9.17, 15) is 14.0 Å². The summed E-state index contributed by atoms with van der Waals surface area (Å²) in [7, 11) is 1.62. The maximum Gasteiger partial charge on any atom is 0.441 e. The summed E-state index contributed by atoms with van der Waals surface area (Å²) >= 11 is 1.12. The summed E-state index contributed by atoms with van der Waals surface area (Å²) in [4.78, 5) is 23.7. The molecule has 0 spiro atoms. The van der Waals surface area contributed by atoms with Crippen molar-refractivity contribution in [3.05, 3.63) is 40.5 Å². The average Bonchev–Trinajstić information content (AvgIpc) is 2.78. The molecule has 0 aliphatic heterocycles. The first-order valence-corrected chi connectivity index (χ1v) is 7.19. The molecule has 6 nitrogen and oxygen atoms in total. The monoisotopic (exact) mass is 312 g/mol. The number of thioether (sulfide) groups is 1. The van der Waals surface area contributed by atoms with Crippen LogP contribution in [0.4, 0.5) is 10.1 Å². The van der Waals surface area contributed by atoms with Crippen molar-refractivity contribution in [2.45, 2.75) is 23.6 Å². The van der Waals surface area contributed by atoms with E-state index in [1.807, 2.05) is 6.92 Å². The number of carbonyl (C=O) groups excluding carboxylic acids is 1. The number of hydrogen-bond acceptors (Lipinski definition) is 4. The topological polar surface area (TPSA) is 79.0 Å². The molecule has 1 heterocycles. The average molecular weight is 312 g/mol. The maximum absolute atomic E-state index is 12.8. The van der Waals surface area contributed by atoms with E-state index in [4.69, 9.17) is 0 Å².